The van der Waals surface area contributed by atoms with Gasteiger partial charge in [0, 0.05) is 0 Å². The Labute approximate surface area is 69.3 Å². The molecular weight excluding hydrogens is 158 g/mol. The van der Waals surface area contributed by atoms with Crippen molar-refractivity contribution in [1.82, 2.24) is 5.17 Å². The van der Waals surface area contributed by atoms with E-state index >= 15 is 0 Å². The molecule has 0 bridgehead atoms. The third kappa shape index (κ3) is 2.14. The Morgan fingerprint density at radius 3 is 2.50 bits per heavy atom. The average Bonchev–Trinajstić information content (AvgIpc) is 2.06. The van der Waals surface area contributed by atoms with E-state index in [0.717, 1.165) is 0 Å². The molecule has 12 heavy (non-hydrogen) atoms. The summed E-state index contributed by atoms with van der Waals surface area (Å²) in [5.41, 5.74) is 7.70. The highest BCUT2D eigenvalue weighted by molar-refractivity contribution is 5.72. The van der Waals surface area contributed by atoms with Crippen LogP contribution in [-0.2, 0) is 0 Å². The van der Waals surface area contributed by atoms with Crippen LogP contribution in [0.3, 0.4) is 0 Å². The van der Waals surface area contributed by atoms with Crippen LogP contribution < -0.4 is 11.2 Å². The third-order valence-corrected chi connectivity index (χ3v) is 1.22. The number of rotatable bonds is 2. The summed E-state index contributed by atoms with van der Waals surface area (Å²) in [6.07, 6.45) is 0. The van der Waals surface area contributed by atoms with E-state index in [1.165, 1.54) is 0 Å². The van der Waals surface area contributed by atoms with Crippen LogP contribution in [0.5, 0.6) is 0 Å². The summed E-state index contributed by atoms with van der Waals surface area (Å²) < 4.78 is 0. The second-order valence-electron chi connectivity index (χ2n) is 2.13. The molecule has 1 aromatic carbocycles. The molecule has 0 aliphatic heterocycles. The molecule has 5 heteroatoms. The fourth-order valence-electron chi connectivity index (χ4n) is 0.690. The maximum atomic E-state index is 10.3. The van der Waals surface area contributed by atoms with Gasteiger partial charge in [-0.2, -0.15) is 0 Å². The van der Waals surface area contributed by atoms with Gasteiger partial charge < -0.3 is 5.73 Å². The van der Waals surface area contributed by atoms with E-state index in [1.54, 1.807) is 24.3 Å². The van der Waals surface area contributed by atoms with E-state index in [1.807, 2.05) is 6.07 Å². The molecule has 1 rings (SSSR count). The van der Waals surface area contributed by atoms with Crippen LogP contribution >= 0.6 is 0 Å². The minimum atomic E-state index is -0.959. The summed E-state index contributed by atoms with van der Waals surface area (Å²) in [7, 11) is 0. The van der Waals surface area contributed by atoms with Crippen molar-refractivity contribution < 1.29 is 10.0 Å². The zero-order chi connectivity index (χ0) is 8.97. The number of nitrogens with one attached hydrogen (secondary N) is 1. The highest BCUT2D eigenvalue weighted by atomic mass is 16.6. The van der Waals surface area contributed by atoms with Crippen molar-refractivity contribution in [3.8, 4) is 0 Å². The van der Waals surface area contributed by atoms with Crippen molar-refractivity contribution in [3.05, 3.63) is 30.3 Å². The number of benzene rings is 1. The van der Waals surface area contributed by atoms with Crippen LogP contribution in [0, 0.1) is 0 Å². The number of nitrogens with zero attached hydrogens (tertiary/aromatic N) is 1. The normalized spacial score (nSPS) is 9.08. The number of hydroxylamine groups is 1. The highest BCUT2D eigenvalue weighted by Crippen LogP contribution is 2.04. The first-order valence-corrected chi connectivity index (χ1v) is 3.30. The molecule has 0 heterocycles. The second kappa shape index (κ2) is 3.59. The molecule has 0 radical (unpaired) electrons. The minimum Gasteiger partial charge on any atom is -0.348 e. The number of carbonyl (C=O) groups excluding carboxylic acids is 1. The predicted molar refractivity (Wildman–Crippen MR) is 43.3 cm³/mol. The van der Waals surface area contributed by atoms with Gasteiger partial charge in [0.1, 0.15) is 0 Å². The molecule has 0 atom stereocenters. The van der Waals surface area contributed by atoms with Gasteiger partial charge in [0.05, 0.1) is 5.69 Å². The lowest BCUT2D eigenvalue weighted by Gasteiger charge is -2.13. The quantitative estimate of drug-likeness (QED) is 0.450. The van der Waals surface area contributed by atoms with Gasteiger partial charge in [0.25, 0.3) is 0 Å². The van der Waals surface area contributed by atoms with E-state index in [-0.39, 0.29) is 5.17 Å². The molecule has 0 spiro atoms. The van der Waals surface area contributed by atoms with Gasteiger partial charge in [-0.15, -0.1) is 5.17 Å². The number of hydrogen-bond acceptors (Lipinski definition) is 3. The largest absolute Gasteiger partial charge is 0.358 e. The summed E-state index contributed by atoms with van der Waals surface area (Å²) in [6, 6.07) is 7.75. The van der Waals surface area contributed by atoms with Gasteiger partial charge in [0.15, 0.2) is 0 Å². The fourth-order valence-corrected chi connectivity index (χ4v) is 0.690. The van der Waals surface area contributed by atoms with Crippen molar-refractivity contribution in [2.24, 2.45) is 5.73 Å². The van der Waals surface area contributed by atoms with Gasteiger partial charge in [-0.1, -0.05) is 18.2 Å². The molecule has 0 aliphatic carbocycles. The lowest BCUT2D eigenvalue weighted by atomic mass is 10.3. The average molecular weight is 167 g/mol. The molecule has 0 saturated carbocycles. The van der Waals surface area contributed by atoms with E-state index in [9.17, 15) is 4.79 Å². The van der Waals surface area contributed by atoms with Crippen molar-refractivity contribution in [1.29, 1.82) is 0 Å². The van der Waals surface area contributed by atoms with Crippen LogP contribution in [0.4, 0.5) is 10.5 Å². The summed E-state index contributed by atoms with van der Waals surface area (Å²) in [6.45, 7) is 0. The maximum Gasteiger partial charge on any atom is 0.358 e. The summed E-state index contributed by atoms with van der Waals surface area (Å²) in [4.78, 5) is 10.3. The number of para-hydroxylation sites is 1. The number of amides is 2. The SMILES string of the molecule is NC(=O)N(O)Nc1ccccc1. The Hall–Kier alpha value is -1.75. The van der Waals surface area contributed by atoms with Gasteiger partial charge in [0.2, 0.25) is 0 Å². The molecule has 1 aromatic rings. The number of nitrogens with two attached hydrogens (primary N) is 1. The number of anilines is 1. The topological polar surface area (TPSA) is 78.6 Å². The lowest BCUT2D eigenvalue weighted by Crippen LogP contribution is -2.37. The lowest BCUT2D eigenvalue weighted by molar-refractivity contribution is -0.0152. The van der Waals surface area contributed by atoms with Crippen molar-refractivity contribution >= 4 is 11.7 Å². The summed E-state index contributed by atoms with van der Waals surface area (Å²) in [5, 5.41) is 9.05. The molecule has 5 nitrogen and oxygen atoms in total. The molecule has 0 saturated heterocycles. The first kappa shape index (κ1) is 8.35. The Bertz CT molecular complexity index is 263. The van der Waals surface area contributed by atoms with E-state index < -0.39 is 6.03 Å². The maximum absolute atomic E-state index is 10.3. The van der Waals surface area contributed by atoms with Gasteiger partial charge in [-0.25, -0.2) is 4.79 Å². The minimum absolute atomic E-state index is 0.218. The van der Waals surface area contributed by atoms with Gasteiger partial charge in [-0.05, 0) is 12.1 Å². The van der Waals surface area contributed by atoms with Crippen molar-refractivity contribution in [2.75, 3.05) is 5.43 Å². The second-order valence-corrected chi connectivity index (χ2v) is 2.13. The molecule has 0 aromatic heterocycles. The standard InChI is InChI=1S/C7H9N3O2/c8-7(11)10(12)9-6-4-2-1-3-5-6/h1-5,9,12H,(H2,8,11). The van der Waals surface area contributed by atoms with Crippen molar-refractivity contribution in [3.63, 3.8) is 0 Å². The molecule has 64 valence electrons. The van der Waals surface area contributed by atoms with Crippen molar-refractivity contribution in [2.45, 2.75) is 0 Å². The Morgan fingerprint density at radius 2 is 2.00 bits per heavy atom. The summed E-state index contributed by atoms with van der Waals surface area (Å²) in [5.74, 6) is 0. The Kier molecular flexibility index (Phi) is 2.49. The first-order chi connectivity index (χ1) is 5.70. The Balaban J connectivity index is 2.58. The van der Waals surface area contributed by atoms with E-state index in [2.05, 4.69) is 5.43 Å². The molecular formula is C7H9N3O2. The van der Waals surface area contributed by atoms with Crippen LogP contribution in [0.25, 0.3) is 0 Å². The molecule has 0 fully saturated rings. The van der Waals surface area contributed by atoms with Crippen LogP contribution in [-0.4, -0.2) is 16.4 Å². The highest BCUT2D eigenvalue weighted by Gasteiger charge is 2.03. The molecule has 0 unspecified atom stereocenters. The van der Waals surface area contributed by atoms with Crippen LogP contribution in [0.15, 0.2) is 30.3 Å². The fraction of sp³-hybridized carbons (Fsp3) is 0. The zero-order valence-electron chi connectivity index (χ0n) is 6.27. The number of hydrogen-bond donors (Lipinski definition) is 3. The predicted octanol–water partition coefficient (Wildman–Crippen LogP) is 0.783. The smallest absolute Gasteiger partial charge is 0.348 e. The monoisotopic (exact) mass is 167 g/mol. The van der Waals surface area contributed by atoms with E-state index in [4.69, 9.17) is 10.9 Å². The zero-order valence-corrected chi connectivity index (χ0v) is 6.27. The molecule has 2 amide bonds. The third-order valence-electron chi connectivity index (χ3n) is 1.22. The Morgan fingerprint density at radius 1 is 1.42 bits per heavy atom. The van der Waals surface area contributed by atoms with E-state index in [0.29, 0.717) is 5.69 Å². The van der Waals surface area contributed by atoms with Crippen LogP contribution in [0.2, 0.25) is 0 Å². The van der Waals surface area contributed by atoms with Gasteiger partial charge >= 0.3 is 6.03 Å². The first-order valence-electron chi connectivity index (χ1n) is 3.30. The molecule has 4 N–H and O–H groups in total. The number of primary amides is 1. The number of hydrazine groups is 1. The molecule has 0 aliphatic rings. The van der Waals surface area contributed by atoms with Crippen LogP contribution in [0.1, 0.15) is 0 Å². The number of urea groups is 1. The van der Waals surface area contributed by atoms with Gasteiger partial charge in [-0.3, -0.25) is 10.6 Å². The number of carbonyl (C=O) groups is 1. The summed E-state index contributed by atoms with van der Waals surface area (Å²) >= 11 is 0.